The number of rotatable bonds is 3. The Hall–Kier alpha value is -5.61. The molecule has 9 rings (SSSR count). The van der Waals surface area contributed by atoms with Gasteiger partial charge in [0.05, 0.1) is 17.3 Å². The maximum atomic E-state index is 6.43. The van der Waals surface area contributed by atoms with Gasteiger partial charge in [0.2, 0.25) is 5.96 Å². The van der Waals surface area contributed by atoms with Crippen molar-refractivity contribution < 1.29 is 4.42 Å². The molecular formula is C41H31N3O. The molecule has 0 N–H and O–H groups in total. The molecule has 4 heteroatoms. The number of hydrogen-bond acceptors (Lipinski definition) is 3. The summed E-state index contributed by atoms with van der Waals surface area (Å²) in [6.45, 7) is 0. The van der Waals surface area contributed by atoms with Crippen LogP contribution in [0.1, 0.15) is 34.8 Å². The lowest BCUT2D eigenvalue weighted by molar-refractivity contribution is 0.420. The highest BCUT2D eigenvalue weighted by Crippen LogP contribution is 2.40. The summed E-state index contributed by atoms with van der Waals surface area (Å²) in [7, 11) is 2.17. The SMILES string of the molecule is CN1C(n2c3c(c4cc(-c5cccc6c5oc5ccccc56)ccc42)C=CCC3)=NC(c2ccccc2)=CC1c1ccccc1. The summed E-state index contributed by atoms with van der Waals surface area (Å²) in [6.07, 6.45) is 8.86. The summed E-state index contributed by atoms with van der Waals surface area (Å²) < 4.78 is 8.84. The number of nitrogens with zero attached hydrogens (tertiary/aromatic N) is 3. The first-order valence-electron chi connectivity index (χ1n) is 15.6. The topological polar surface area (TPSA) is 33.7 Å². The Bertz CT molecular complexity index is 2340. The van der Waals surface area contributed by atoms with Crippen LogP contribution >= 0.6 is 0 Å². The summed E-state index contributed by atoms with van der Waals surface area (Å²) in [5.41, 5.74) is 11.2. The van der Waals surface area contributed by atoms with E-state index in [1.165, 1.54) is 27.7 Å². The molecule has 1 unspecified atom stereocenters. The van der Waals surface area contributed by atoms with Gasteiger partial charge in [-0.2, -0.15) is 0 Å². The van der Waals surface area contributed by atoms with Gasteiger partial charge in [0.15, 0.2) is 0 Å². The number of allylic oxidation sites excluding steroid dienone is 1. The third kappa shape index (κ3) is 4.10. The van der Waals surface area contributed by atoms with Crippen LogP contribution < -0.4 is 0 Å². The maximum Gasteiger partial charge on any atom is 0.211 e. The molecule has 7 aromatic rings. The van der Waals surface area contributed by atoms with E-state index in [1.807, 2.05) is 12.1 Å². The molecule has 3 heterocycles. The van der Waals surface area contributed by atoms with Crippen molar-refractivity contribution in [2.24, 2.45) is 4.99 Å². The quantitative estimate of drug-likeness (QED) is 0.208. The molecule has 1 aliphatic heterocycles. The zero-order valence-corrected chi connectivity index (χ0v) is 25.0. The van der Waals surface area contributed by atoms with Gasteiger partial charge in [0, 0.05) is 45.6 Å². The zero-order chi connectivity index (χ0) is 29.9. The second-order valence-electron chi connectivity index (χ2n) is 11.9. The Morgan fingerprint density at radius 3 is 2.38 bits per heavy atom. The van der Waals surface area contributed by atoms with Gasteiger partial charge in [-0.3, -0.25) is 4.57 Å². The third-order valence-corrected chi connectivity index (χ3v) is 9.34. The van der Waals surface area contributed by atoms with E-state index in [0.717, 1.165) is 63.1 Å². The predicted molar refractivity (Wildman–Crippen MR) is 186 cm³/mol. The summed E-state index contributed by atoms with van der Waals surface area (Å²) in [6, 6.07) is 42.9. The van der Waals surface area contributed by atoms with Crippen molar-refractivity contribution in [2.75, 3.05) is 7.05 Å². The lowest BCUT2D eigenvalue weighted by Crippen LogP contribution is -2.38. The normalized spacial score (nSPS) is 16.3. The van der Waals surface area contributed by atoms with Gasteiger partial charge in [0.1, 0.15) is 11.2 Å². The minimum atomic E-state index is 0.0473. The van der Waals surface area contributed by atoms with Crippen molar-refractivity contribution in [1.82, 2.24) is 9.47 Å². The molecule has 0 saturated heterocycles. The molecule has 1 aliphatic carbocycles. The van der Waals surface area contributed by atoms with E-state index in [2.05, 4.69) is 144 Å². The van der Waals surface area contributed by atoms with Gasteiger partial charge < -0.3 is 9.32 Å². The summed E-state index contributed by atoms with van der Waals surface area (Å²) in [5.74, 6) is 0.943. The number of para-hydroxylation sites is 2. The van der Waals surface area contributed by atoms with Gasteiger partial charge in [-0.05, 0) is 48.2 Å². The maximum absolute atomic E-state index is 6.43. The van der Waals surface area contributed by atoms with Crippen molar-refractivity contribution in [1.29, 1.82) is 0 Å². The lowest BCUT2D eigenvalue weighted by Gasteiger charge is -2.34. The van der Waals surface area contributed by atoms with Gasteiger partial charge >= 0.3 is 0 Å². The molecule has 0 bridgehead atoms. The number of fused-ring (bicyclic) bond motifs is 6. The fourth-order valence-electron chi connectivity index (χ4n) is 7.15. The highest BCUT2D eigenvalue weighted by atomic mass is 16.3. The molecule has 0 fully saturated rings. The molecule has 5 aromatic carbocycles. The van der Waals surface area contributed by atoms with Crippen LogP contribution in [0.25, 0.3) is 55.7 Å². The first kappa shape index (κ1) is 25.8. The molecule has 0 radical (unpaired) electrons. The molecule has 0 amide bonds. The number of aliphatic imine (C=N–C) groups is 1. The Morgan fingerprint density at radius 2 is 1.51 bits per heavy atom. The van der Waals surface area contributed by atoms with E-state index in [0.29, 0.717) is 0 Å². The van der Waals surface area contributed by atoms with E-state index in [9.17, 15) is 0 Å². The van der Waals surface area contributed by atoms with E-state index in [-0.39, 0.29) is 6.04 Å². The Balaban J connectivity index is 1.25. The van der Waals surface area contributed by atoms with Crippen LogP contribution in [-0.2, 0) is 6.42 Å². The standard InChI is InChI=1S/C41H31N3O/c1-43-38(28-15-6-3-7-16-28)26-35(27-13-4-2-5-14-27)42-41(43)44-36-21-10-8-17-31(36)34-25-29(23-24-37(34)44)30-19-12-20-33-32-18-9-11-22-39(32)45-40(30)33/h2-9,11-20,22-26,38H,10,21H2,1H3. The average Bonchev–Trinajstić information content (AvgIpc) is 3.65. The number of benzene rings is 5. The average molecular weight is 582 g/mol. The second kappa shape index (κ2) is 10.2. The fourth-order valence-corrected chi connectivity index (χ4v) is 7.15. The number of likely N-dealkylation sites (N-methyl/N-ethyl adjacent to an activating group) is 1. The highest BCUT2D eigenvalue weighted by Gasteiger charge is 2.30. The van der Waals surface area contributed by atoms with Crippen molar-refractivity contribution in [3.63, 3.8) is 0 Å². The lowest BCUT2D eigenvalue weighted by atomic mass is 9.98. The van der Waals surface area contributed by atoms with Crippen LogP contribution in [0.15, 0.2) is 143 Å². The van der Waals surface area contributed by atoms with Crippen LogP contribution in [0, 0.1) is 0 Å². The molecule has 0 spiro atoms. The number of aromatic nitrogens is 1. The van der Waals surface area contributed by atoms with Crippen LogP contribution in [0.5, 0.6) is 0 Å². The Morgan fingerprint density at radius 1 is 0.733 bits per heavy atom. The summed E-state index contributed by atoms with van der Waals surface area (Å²) in [5, 5.41) is 3.53. The Labute approximate surface area is 261 Å². The highest BCUT2D eigenvalue weighted by molar-refractivity contribution is 6.11. The van der Waals surface area contributed by atoms with Crippen molar-refractivity contribution in [3.05, 3.63) is 156 Å². The van der Waals surface area contributed by atoms with Crippen molar-refractivity contribution in [2.45, 2.75) is 18.9 Å². The molecule has 2 aliphatic rings. The first-order chi connectivity index (χ1) is 22.2. The first-order valence-corrected chi connectivity index (χ1v) is 15.6. The molecule has 2 aromatic heterocycles. The third-order valence-electron chi connectivity index (χ3n) is 9.34. The molecule has 4 nitrogen and oxygen atoms in total. The minimum Gasteiger partial charge on any atom is -0.455 e. The van der Waals surface area contributed by atoms with Gasteiger partial charge in [-0.15, -0.1) is 0 Å². The van der Waals surface area contributed by atoms with E-state index in [1.54, 1.807) is 0 Å². The molecule has 0 saturated carbocycles. The van der Waals surface area contributed by atoms with Gasteiger partial charge in [-0.1, -0.05) is 115 Å². The van der Waals surface area contributed by atoms with Gasteiger partial charge in [0.25, 0.3) is 0 Å². The monoisotopic (exact) mass is 581 g/mol. The molecule has 216 valence electrons. The largest absolute Gasteiger partial charge is 0.455 e. The van der Waals surface area contributed by atoms with Gasteiger partial charge in [-0.25, -0.2) is 4.99 Å². The van der Waals surface area contributed by atoms with Crippen molar-refractivity contribution in [3.8, 4) is 11.1 Å². The molecule has 1 atom stereocenters. The number of hydrogen-bond donors (Lipinski definition) is 0. The predicted octanol–water partition coefficient (Wildman–Crippen LogP) is 10.1. The van der Waals surface area contributed by atoms with Crippen LogP contribution in [0.2, 0.25) is 0 Å². The summed E-state index contributed by atoms with van der Waals surface area (Å²) in [4.78, 5) is 7.71. The smallest absolute Gasteiger partial charge is 0.211 e. The summed E-state index contributed by atoms with van der Waals surface area (Å²) >= 11 is 0. The number of furan rings is 1. The fraction of sp³-hybridized carbons (Fsp3) is 0.0976. The molecular weight excluding hydrogens is 550 g/mol. The van der Waals surface area contributed by atoms with Crippen LogP contribution in [0.4, 0.5) is 0 Å². The Kier molecular flexibility index (Phi) is 5.88. The van der Waals surface area contributed by atoms with E-state index in [4.69, 9.17) is 9.41 Å². The van der Waals surface area contributed by atoms with Crippen LogP contribution in [-0.4, -0.2) is 22.5 Å². The minimum absolute atomic E-state index is 0.0473. The van der Waals surface area contributed by atoms with Crippen molar-refractivity contribution >= 4 is 50.6 Å². The van der Waals surface area contributed by atoms with E-state index < -0.39 is 0 Å². The second-order valence-corrected chi connectivity index (χ2v) is 11.9. The van der Waals surface area contributed by atoms with E-state index >= 15 is 0 Å². The zero-order valence-electron chi connectivity index (χ0n) is 25.0. The van der Waals surface area contributed by atoms with Crippen LogP contribution in [0.3, 0.4) is 0 Å². The molecule has 45 heavy (non-hydrogen) atoms.